The molecule has 2 aromatic heterocycles. The van der Waals surface area contributed by atoms with Gasteiger partial charge in [-0.05, 0) is 15.9 Å². The van der Waals surface area contributed by atoms with Crippen molar-refractivity contribution in [1.82, 2.24) is 19.9 Å². The van der Waals surface area contributed by atoms with Crippen molar-refractivity contribution in [3.63, 3.8) is 0 Å². The smallest absolute Gasteiger partial charge is 0.198 e. The number of anilines is 1. The second kappa shape index (κ2) is 4.58. The van der Waals surface area contributed by atoms with Crippen LogP contribution in [0.25, 0.3) is 11.6 Å². The van der Waals surface area contributed by atoms with Crippen LogP contribution < -0.4 is 5.73 Å². The Morgan fingerprint density at radius 1 is 1.50 bits per heavy atom. The first kappa shape index (κ1) is 11.0. The number of hydrogen-bond acceptors (Lipinski definition) is 5. The number of methoxy groups -OCH3 is 1. The number of nitrogens with one attached hydrogen (secondary N) is 1. The highest BCUT2D eigenvalue weighted by atomic mass is 79.9. The zero-order valence-corrected chi connectivity index (χ0v) is 10.2. The van der Waals surface area contributed by atoms with Crippen molar-refractivity contribution in [3.8, 4) is 11.6 Å². The quantitative estimate of drug-likeness (QED) is 0.888. The molecule has 0 unspecified atom stereocenters. The highest BCUT2D eigenvalue weighted by Crippen LogP contribution is 2.24. The highest BCUT2D eigenvalue weighted by Gasteiger charge is 2.12. The van der Waals surface area contributed by atoms with Gasteiger partial charge in [-0.1, -0.05) is 0 Å². The maximum absolute atomic E-state index is 5.76. The number of nitrogens with two attached hydrogens (primary N) is 1. The van der Waals surface area contributed by atoms with Crippen molar-refractivity contribution in [2.24, 2.45) is 0 Å². The first-order valence-electron chi connectivity index (χ1n) is 4.53. The Morgan fingerprint density at radius 2 is 2.31 bits per heavy atom. The Balaban J connectivity index is 2.48. The van der Waals surface area contributed by atoms with Gasteiger partial charge in [-0.2, -0.15) is 0 Å². The fourth-order valence-corrected chi connectivity index (χ4v) is 1.53. The van der Waals surface area contributed by atoms with E-state index in [0.717, 1.165) is 0 Å². The highest BCUT2D eigenvalue weighted by molar-refractivity contribution is 9.10. The molecule has 0 saturated heterocycles. The number of halogens is 1. The molecule has 84 valence electrons. The van der Waals surface area contributed by atoms with Crippen LogP contribution in [0.5, 0.6) is 0 Å². The summed E-state index contributed by atoms with van der Waals surface area (Å²) in [6.45, 7) is 0.362. The van der Waals surface area contributed by atoms with Gasteiger partial charge in [0.05, 0.1) is 16.8 Å². The van der Waals surface area contributed by atoms with Crippen LogP contribution in [0.1, 0.15) is 5.69 Å². The molecule has 0 spiro atoms. The van der Waals surface area contributed by atoms with Crippen molar-refractivity contribution in [1.29, 1.82) is 0 Å². The Kier molecular flexibility index (Phi) is 3.16. The van der Waals surface area contributed by atoms with E-state index in [1.165, 1.54) is 0 Å². The molecule has 16 heavy (non-hydrogen) atoms. The molecule has 0 atom stereocenters. The minimum absolute atomic E-state index is 0.362. The number of rotatable bonds is 3. The van der Waals surface area contributed by atoms with E-state index in [2.05, 4.69) is 35.9 Å². The first-order chi connectivity index (χ1) is 7.72. The van der Waals surface area contributed by atoms with E-state index in [0.29, 0.717) is 34.2 Å². The lowest BCUT2D eigenvalue weighted by Crippen LogP contribution is -2.04. The van der Waals surface area contributed by atoms with Crippen LogP contribution >= 0.6 is 15.9 Å². The maximum Gasteiger partial charge on any atom is 0.198 e. The average Bonchev–Trinajstić information content (AvgIpc) is 2.78. The second-order valence-electron chi connectivity index (χ2n) is 3.06. The van der Waals surface area contributed by atoms with E-state index in [1.807, 2.05) is 0 Å². The van der Waals surface area contributed by atoms with Crippen LogP contribution in [0.4, 0.5) is 5.82 Å². The van der Waals surface area contributed by atoms with Crippen LogP contribution in [0, 0.1) is 0 Å². The Labute approximate surface area is 100 Å². The van der Waals surface area contributed by atoms with Gasteiger partial charge in [0.15, 0.2) is 11.6 Å². The van der Waals surface area contributed by atoms with E-state index in [9.17, 15) is 0 Å². The molecule has 0 fully saturated rings. The van der Waals surface area contributed by atoms with Gasteiger partial charge in [0.1, 0.15) is 5.82 Å². The van der Waals surface area contributed by atoms with E-state index in [4.69, 9.17) is 10.5 Å². The SMILES string of the molecule is COCc1nc(-c2ncc[nH]2)nc(N)c1Br. The fraction of sp³-hybridized carbons (Fsp3) is 0.222. The third kappa shape index (κ3) is 2.05. The lowest BCUT2D eigenvalue weighted by molar-refractivity contribution is 0.181. The van der Waals surface area contributed by atoms with E-state index in [-0.39, 0.29) is 0 Å². The van der Waals surface area contributed by atoms with Gasteiger partial charge in [0.25, 0.3) is 0 Å². The Morgan fingerprint density at radius 3 is 2.94 bits per heavy atom. The first-order valence-corrected chi connectivity index (χ1v) is 5.32. The van der Waals surface area contributed by atoms with Crippen LogP contribution in [-0.4, -0.2) is 27.0 Å². The molecule has 2 rings (SSSR count). The molecule has 0 aliphatic heterocycles. The van der Waals surface area contributed by atoms with Gasteiger partial charge in [0.2, 0.25) is 0 Å². The summed E-state index contributed by atoms with van der Waals surface area (Å²) in [6.07, 6.45) is 3.33. The number of imidazole rings is 1. The standard InChI is InChI=1S/C9H10BrN5O/c1-16-4-5-6(10)7(11)15-9(14-5)8-12-2-3-13-8/h2-3H,4H2,1H3,(H,12,13)(H2,11,14,15). The summed E-state index contributed by atoms with van der Waals surface area (Å²) in [7, 11) is 1.59. The monoisotopic (exact) mass is 283 g/mol. The molecule has 0 radical (unpaired) electrons. The Hall–Kier alpha value is -1.47. The molecule has 3 N–H and O–H groups in total. The molecule has 2 heterocycles. The number of ether oxygens (including phenoxy) is 1. The molecule has 0 aliphatic carbocycles. The molecular formula is C9H10BrN5O. The van der Waals surface area contributed by atoms with Crippen molar-refractivity contribution >= 4 is 21.7 Å². The average molecular weight is 284 g/mol. The summed E-state index contributed by atoms with van der Waals surface area (Å²) in [6, 6.07) is 0. The predicted molar refractivity (Wildman–Crippen MR) is 62.4 cm³/mol. The van der Waals surface area contributed by atoms with Crippen LogP contribution in [-0.2, 0) is 11.3 Å². The fourth-order valence-electron chi connectivity index (χ4n) is 1.24. The minimum Gasteiger partial charge on any atom is -0.383 e. The summed E-state index contributed by atoms with van der Waals surface area (Å²) in [5.74, 6) is 1.41. The van der Waals surface area contributed by atoms with E-state index in [1.54, 1.807) is 19.5 Å². The summed E-state index contributed by atoms with van der Waals surface area (Å²) in [5.41, 5.74) is 6.46. The topological polar surface area (TPSA) is 89.7 Å². The third-order valence-electron chi connectivity index (χ3n) is 1.94. The summed E-state index contributed by atoms with van der Waals surface area (Å²) in [4.78, 5) is 15.4. The third-order valence-corrected chi connectivity index (χ3v) is 2.80. The normalized spacial score (nSPS) is 10.6. The molecule has 7 heteroatoms. The molecule has 0 bridgehead atoms. The number of hydrogen-bond donors (Lipinski definition) is 2. The van der Waals surface area contributed by atoms with Gasteiger partial charge >= 0.3 is 0 Å². The van der Waals surface area contributed by atoms with Gasteiger partial charge < -0.3 is 15.5 Å². The summed E-state index contributed by atoms with van der Waals surface area (Å²) >= 11 is 3.32. The van der Waals surface area contributed by atoms with Crippen molar-refractivity contribution in [2.45, 2.75) is 6.61 Å². The zero-order valence-electron chi connectivity index (χ0n) is 8.57. The number of nitrogen functional groups attached to an aromatic ring is 1. The second-order valence-corrected chi connectivity index (χ2v) is 3.86. The van der Waals surface area contributed by atoms with Crippen molar-refractivity contribution in [3.05, 3.63) is 22.6 Å². The molecular weight excluding hydrogens is 274 g/mol. The lowest BCUT2D eigenvalue weighted by atomic mass is 10.4. The largest absolute Gasteiger partial charge is 0.383 e. The number of nitrogens with zero attached hydrogens (tertiary/aromatic N) is 3. The van der Waals surface area contributed by atoms with Crippen LogP contribution in [0.3, 0.4) is 0 Å². The van der Waals surface area contributed by atoms with E-state index < -0.39 is 0 Å². The molecule has 0 aliphatic rings. The maximum atomic E-state index is 5.76. The van der Waals surface area contributed by atoms with Crippen LogP contribution in [0.15, 0.2) is 16.9 Å². The molecule has 0 aromatic carbocycles. The number of aromatic amines is 1. The number of H-pyrrole nitrogens is 1. The minimum atomic E-state index is 0.362. The lowest BCUT2D eigenvalue weighted by Gasteiger charge is -2.06. The van der Waals surface area contributed by atoms with Crippen molar-refractivity contribution in [2.75, 3.05) is 12.8 Å². The zero-order chi connectivity index (χ0) is 11.5. The molecule has 0 amide bonds. The number of aromatic nitrogens is 4. The molecule has 2 aromatic rings. The Bertz CT molecular complexity index is 485. The van der Waals surface area contributed by atoms with Gasteiger partial charge in [-0.25, -0.2) is 15.0 Å². The molecule has 6 nitrogen and oxygen atoms in total. The predicted octanol–water partition coefficient (Wildman–Crippen LogP) is 1.36. The van der Waals surface area contributed by atoms with E-state index >= 15 is 0 Å². The van der Waals surface area contributed by atoms with Gasteiger partial charge in [0, 0.05) is 19.5 Å². The molecule has 0 saturated carbocycles. The van der Waals surface area contributed by atoms with Gasteiger partial charge in [-0.15, -0.1) is 0 Å². The van der Waals surface area contributed by atoms with Crippen LogP contribution in [0.2, 0.25) is 0 Å². The summed E-state index contributed by atoms with van der Waals surface area (Å²) < 4.78 is 5.69. The van der Waals surface area contributed by atoms with Crippen molar-refractivity contribution < 1.29 is 4.74 Å². The van der Waals surface area contributed by atoms with Gasteiger partial charge in [-0.3, -0.25) is 0 Å². The summed E-state index contributed by atoms with van der Waals surface area (Å²) in [5, 5.41) is 0.